The van der Waals surface area contributed by atoms with E-state index in [1.807, 2.05) is 41.5 Å². The zero-order chi connectivity index (χ0) is 8.00. The van der Waals surface area contributed by atoms with Crippen LogP contribution >= 0.6 is 12.6 Å². The maximum Gasteiger partial charge on any atom is -0.0215 e. The Hall–Kier alpha value is 0.350. The molecule has 0 heterocycles. The molecule has 56 valence electrons. The Bertz CT molecular complexity index is 4.35. The van der Waals surface area contributed by atoms with Crippen molar-refractivity contribution < 1.29 is 0 Å². The van der Waals surface area contributed by atoms with Gasteiger partial charge in [0.05, 0.1) is 0 Å². The van der Waals surface area contributed by atoms with Crippen molar-refractivity contribution in [2.75, 3.05) is 6.26 Å². The van der Waals surface area contributed by atoms with E-state index in [0.29, 0.717) is 0 Å². The van der Waals surface area contributed by atoms with E-state index < -0.39 is 0 Å². The minimum Gasteiger partial charge on any atom is -0.183 e. The van der Waals surface area contributed by atoms with Crippen LogP contribution in [0.15, 0.2) is 0 Å². The quantitative estimate of drug-likeness (QED) is 0.486. The standard InChI is InChI=1S/3C2H6.CH4S/c4*1-2/h3*1-2H3;2H,1H3. The smallest absolute Gasteiger partial charge is 0.0215 e. The van der Waals surface area contributed by atoms with E-state index in [0.717, 1.165) is 0 Å². The fourth-order valence-electron chi connectivity index (χ4n) is 0. The predicted molar refractivity (Wildman–Crippen MR) is 49.0 cm³/mol. The highest BCUT2D eigenvalue weighted by molar-refractivity contribution is 7.79. The molecule has 0 aliphatic rings. The molecule has 8 heavy (non-hydrogen) atoms. The molecule has 0 atom stereocenters. The molecule has 1 heteroatoms. The van der Waals surface area contributed by atoms with Crippen molar-refractivity contribution in [2.24, 2.45) is 0 Å². The average Bonchev–Trinajstić information content (AvgIpc) is 2.03. The summed E-state index contributed by atoms with van der Waals surface area (Å²) >= 11 is 3.53. The molecule has 0 aromatic carbocycles. The van der Waals surface area contributed by atoms with Gasteiger partial charge in [-0.25, -0.2) is 0 Å². The topological polar surface area (TPSA) is 0 Å². The molecule has 0 aliphatic heterocycles. The molecule has 0 fully saturated rings. The molecule has 0 saturated carbocycles. The summed E-state index contributed by atoms with van der Waals surface area (Å²) in [7, 11) is 0. The molecular formula is C7H22S. The van der Waals surface area contributed by atoms with Gasteiger partial charge in [-0.15, -0.1) is 0 Å². The summed E-state index contributed by atoms with van der Waals surface area (Å²) < 4.78 is 0. The van der Waals surface area contributed by atoms with Crippen LogP contribution < -0.4 is 0 Å². The Labute approximate surface area is 61.1 Å². The van der Waals surface area contributed by atoms with E-state index in [9.17, 15) is 0 Å². The lowest BCUT2D eigenvalue weighted by molar-refractivity contribution is 1.50. The second kappa shape index (κ2) is 2420. The van der Waals surface area contributed by atoms with Crippen LogP contribution in [0.5, 0.6) is 0 Å². The third-order valence-corrected chi connectivity index (χ3v) is 0. The van der Waals surface area contributed by atoms with Crippen LogP contribution in [0.25, 0.3) is 0 Å². The van der Waals surface area contributed by atoms with E-state index in [2.05, 4.69) is 12.6 Å². The molecule has 0 unspecified atom stereocenters. The molecule has 0 aliphatic carbocycles. The summed E-state index contributed by atoms with van der Waals surface area (Å²) in [4.78, 5) is 0. The number of hydrogen-bond donors (Lipinski definition) is 1. The van der Waals surface area contributed by atoms with Gasteiger partial charge in [0, 0.05) is 0 Å². The molecule has 0 saturated heterocycles. The normalized spacial score (nSPS) is 3.00. The van der Waals surface area contributed by atoms with Crippen LogP contribution in [-0.4, -0.2) is 6.26 Å². The van der Waals surface area contributed by atoms with Crippen molar-refractivity contribution >= 4 is 12.6 Å². The molecule has 0 aromatic rings. The Morgan fingerprint density at radius 3 is 0.500 bits per heavy atom. The van der Waals surface area contributed by atoms with Gasteiger partial charge in [-0.05, 0) is 6.26 Å². The Balaban J connectivity index is -0.0000000133. The molecule has 0 bridgehead atoms. The lowest BCUT2D eigenvalue weighted by Gasteiger charge is -1.11. The van der Waals surface area contributed by atoms with Gasteiger partial charge in [-0.3, -0.25) is 0 Å². The van der Waals surface area contributed by atoms with Crippen molar-refractivity contribution in [3.63, 3.8) is 0 Å². The van der Waals surface area contributed by atoms with Gasteiger partial charge in [-0.1, -0.05) is 41.5 Å². The van der Waals surface area contributed by atoms with Gasteiger partial charge in [-0.2, -0.15) is 12.6 Å². The first-order valence-electron chi connectivity index (χ1n) is 3.45. The van der Waals surface area contributed by atoms with E-state index in [-0.39, 0.29) is 0 Å². The summed E-state index contributed by atoms with van der Waals surface area (Å²) in [6, 6.07) is 0. The van der Waals surface area contributed by atoms with Crippen LogP contribution in [0, 0.1) is 0 Å². The Morgan fingerprint density at radius 1 is 0.500 bits per heavy atom. The minimum atomic E-state index is 1.69. The predicted octanol–water partition coefficient (Wildman–Crippen LogP) is 3.62. The van der Waals surface area contributed by atoms with E-state index in [1.165, 1.54) is 0 Å². The fraction of sp³-hybridized carbons (Fsp3) is 1.00. The summed E-state index contributed by atoms with van der Waals surface area (Å²) in [5, 5.41) is 0. The third kappa shape index (κ3) is 1480. The van der Waals surface area contributed by atoms with Gasteiger partial charge in [0.2, 0.25) is 0 Å². The number of hydrogen-bond acceptors (Lipinski definition) is 1. The molecule has 0 amide bonds. The second-order valence-electron chi connectivity index (χ2n) is 0. The maximum atomic E-state index is 3.53. The zero-order valence-electron chi connectivity index (χ0n) is 7.45. The van der Waals surface area contributed by atoms with E-state index >= 15 is 0 Å². The molecule has 0 nitrogen and oxygen atoms in total. The van der Waals surface area contributed by atoms with Crippen LogP contribution in [-0.2, 0) is 0 Å². The molecule has 0 N–H and O–H groups in total. The molecule has 0 spiro atoms. The van der Waals surface area contributed by atoms with Gasteiger partial charge in [0.1, 0.15) is 0 Å². The number of thiol groups is 1. The molecular weight excluding hydrogens is 116 g/mol. The molecule has 0 radical (unpaired) electrons. The summed E-state index contributed by atoms with van der Waals surface area (Å²) in [5.74, 6) is 0. The lowest BCUT2D eigenvalue weighted by atomic mass is 11.0. The fourth-order valence-corrected chi connectivity index (χ4v) is 0. The summed E-state index contributed by atoms with van der Waals surface area (Å²) in [6.07, 6.45) is 1.69. The second-order valence-corrected chi connectivity index (χ2v) is 0. The molecule has 0 rings (SSSR count). The van der Waals surface area contributed by atoms with Crippen molar-refractivity contribution in [2.45, 2.75) is 41.5 Å². The highest BCUT2D eigenvalue weighted by Crippen LogP contribution is 1.31. The Morgan fingerprint density at radius 2 is 0.500 bits per heavy atom. The Kier molecular flexibility index (Phi) is 7210. The summed E-state index contributed by atoms with van der Waals surface area (Å²) in [5.41, 5.74) is 0. The van der Waals surface area contributed by atoms with Gasteiger partial charge in [0.25, 0.3) is 0 Å². The van der Waals surface area contributed by atoms with Gasteiger partial charge < -0.3 is 0 Å². The first-order chi connectivity index (χ1) is 4.00. The highest BCUT2D eigenvalue weighted by Gasteiger charge is 0.936. The lowest BCUT2D eigenvalue weighted by Crippen LogP contribution is -0.865. The first-order valence-corrected chi connectivity index (χ1v) is 4.34. The van der Waals surface area contributed by atoms with Crippen LogP contribution in [0.1, 0.15) is 41.5 Å². The van der Waals surface area contributed by atoms with Crippen LogP contribution in [0.2, 0.25) is 0 Å². The highest BCUT2D eigenvalue weighted by atomic mass is 32.1. The third-order valence-electron chi connectivity index (χ3n) is 0. The summed E-state index contributed by atoms with van der Waals surface area (Å²) in [6.45, 7) is 12.0. The minimum absolute atomic E-state index is 1.69. The molecule has 0 aromatic heterocycles. The van der Waals surface area contributed by atoms with Crippen molar-refractivity contribution in [1.29, 1.82) is 0 Å². The monoisotopic (exact) mass is 138 g/mol. The maximum absolute atomic E-state index is 3.53. The SMILES string of the molecule is CC.CC.CC.CS. The van der Waals surface area contributed by atoms with E-state index in [1.54, 1.807) is 6.26 Å². The van der Waals surface area contributed by atoms with Crippen molar-refractivity contribution in [3.05, 3.63) is 0 Å². The zero-order valence-corrected chi connectivity index (χ0v) is 8.34. The van der Waals surface area contributed by atoms with Crippen LogP contribution in [0.4, 0.5) is 0 Å². The van der Waals surface area contributed by atoms with Gasteiger partial charge >= 0.3 is 0 Å². The largest absolute Gasteiger partial charge is 0.183 e. The average molecular weight is 138 g/mol. The van der Waals surface area contributed by atoms with Gasteiger partial charge in [0.15, 0.2) is 0 Å². The van der Waals surface area contributed by atoms with E-state index in [4.69, 9.17) is 0 Å². The van der Waals surface area contributed by atoms with Crippen molar-refractivity contribution in [3.8, 4) is 0 Å². The van der Waals surface area contributed by atoms with Crippen molar-refractivity contribution in [1.82, 2.24) is 0 Å². The number of rotatable bonds is 0. The van der Waals surface area contributed by atoms with Crippen LogP contribution in [0.3, 0.4) is 0 Å². The first kappa shape index (κ1) is 23.8.